The van der Waals surface area contributed by atoms with Crippen LogP contribution in [-0.4, -0.2) is 51.1 Å². The molecular formula is C28H26O10. The van der Waals surface area contributed by atoms with Crippen LogP contribution in [0.25, 0.3) is 43.8 Å². The second kappa shape index (κ2) is 8.20. The summed E-state index contributed by atoms with van der Waals surface area (Å²) >= 11 is 0. The molecule has 4 aromatic rings. The van der Waals surface area contributed by atoms with Crippen molar-refractivity contribution in [3.8, 4) is 68.6 Å². The molecule has 0 aliphatic rings. The summed E-state index contributed by atoms with van der Waals surface area (Å²) in [5.74, 6) is -8.14. The molecule has 0 aliphatic carbocycles. The fourth-order valence-corrected chi connectivity index (χ4v) is 5.02. The largest absolute Gasteiger partial charge is 0.507 e. The number of phenolic OH excluding ortho intramolecular Hbond substituents is 10. The number of phenols is 10. The Kier molecular flexibility index (Phi) is 5.60. The van der Waals surface area contributed by atoms with Crippen molar-refractivity contribution in [3.05, 3.63) is 35.4 Å². The van der Waals surface area contributed by atoms with Crippen LogP contribution >= 0.6 is 0 Å². The highest BCUT2D eigenvalue weighted by Gasteiger charge is 2.33. The Hall–Kier alpha value is -5.12. The van der Waals surface area contributed by atoms with Gasteiger partial charge in [-0.1, -0.05) is 13.2 Å². The maximum atomic E-state index is 11.4. The molecule has 0 saturated heterocycles. The van der Waals surface area contributed by atoms with E-state index >= 15 is 0 Å². The first kappa shape index (κ1) is 26.0. The lowest BCUT2D eigenvalue weighted by Gasteiger charge is -2.23. The quantitative estimate of drug-likeness (QED) is 0.123. The molecule has 0 aliphatic heterocycles. The van der Waals surface area contributed by atoms with Crippen LogP contribution in [0.15, 0.2) is 13.2 Å². The van der Waals surface area contributed by atoms with E-state index in [4.69, 9.17) is 0 Å². The second-order valence-electron chi connectivity index (χ2n) is 9.30. The zero-order valence-corrected chi connectivity index (χ0v) is 20.9. The summed E-state index contributed by atoms with van der Waals surface area (Å²) in [5.41, 5.74) is -0.714. The van der Waals surface area contributed by atoms with Crippen molar-refractivity contribution in [2.45, 2.75) is 27.7 Å². The van der Waals surface area contributed by atoms with E-state index in [1.165, 1.54) is 27.7 Å². The maximum Gasteiger partial charge on any atom is 0.201 e. The molecule has 0 spiro atoms. The minimum Gasteiger partial charge on any atom is -0.507 e. The molecule has 10 nitrogen and oxygen atoms in total. The summed E-state index contributed by atoms with van der Waals surface area (Å²) in [6, 6.07) is 0. The van der Waals surface area contributed by atoms with Crippen molar-refractivity contribution in [2.24, 2.45) is 0 Å². The van der Waals surface area contributed by atoms with Gasteiger partial charge in [-0.25, -0.2) is 0 Å². The molecule has 0 atom stereocenters. The summed E-state index contributed by atoms with van der Waals surface area (Å²) in [6.07, 6.45) is 0. The number of benzene rings is 4. The minimum atomic E-state index is -0.994. The van der Waals surface area contributed by atoms with Crippen LogP contribution in [0.4, 0.5) is 0 Å². The van der Waals surface area contributed by atoms with Crippen molar-refractivity contribution in [3.63, 3.8) is 0 Å². The number of hydrogen-bond acceptors (Lipinski definition) is 10. The predicted octanol–water partition coefficient (Wildman–Crippen LogP) is 5.40. The van der Waals surface area contributed by atoms with Crippen LogP contribution in [0.3, 0.4) is 0 Å². The van der Waals surface area contributed by atoms with Gasteiger partial charge in [0.15, 0.2) is 23.0 Å². The first-order valence-corrected chi connectivity index (χ1v) is 11.2. The van der Waals surface area contributed by atoms with Gasteiger partial charge in [0.05, 0.1) is 10.8 Å². The molecule has 4 aromatic carbocycles. The van der Waals surface area contributed by atoms with Gasteiger partial charge in [-0.05, 0) is 38.8 Å². The molecule has 0 aromatic heterocycles. The number of rotatable bonds is 3. The molecule has 0 bridgehead atoms. The van der Waals surface area contributed by atoms with Gasteiger partial charge >= 0.3 is 0 Å². The molecule has 10 N–H and O–H groups in total. The zero-order chi connectivity index (χ0) is 28.7. The molecular weight excluding hydrogens is 496 g/mol. The highest BCUT2D eigenvalue weighted by Crippen LogP contribution is 2.60. The monoisotopic (exact) mass is 522 g/mol. The van der Waals surface area contributed by atoms with Crippen LogP contribution in [0.2, 0.25) is 0 Å². The summed E-state index contributed by atoms with van der Waals surface area (Å²) < 4.78 is 0. The fraction of sp³-hybridized carbons (Fsp3) is 0.143. The van der Waals surface area contributed by atoms with Gasteiger partial charge in [-0.3, -0.25) is 0 Å². The third-order valence-corrected chi connectivity index (χ3v) is 6.83. The molecule has 0 fully saturated rings. The third-order valence-electron chi connectivity index (χ3n) is 6.83. The van der Waals surface area contributed by atoms with E-state index in [-0.39, 0.29) is 55.3 Å². The topological polar surface area (TPSA) is 202 Å². The highest BCUT2D eigenvalue weighted by molar-refractivity contribution is 6.15. The first-order chi connectivity index (χ1) is 17.6. The molecule has 4 rings (SSSR count). The Morgan fingerprint density at radius 2 is 0.684 bits per heavy atom. The molecule has 0 amide bonds. The van der Waals surface area contributed by atoms with E-state index in [2.05, 4.69) is 13.2 Å². The molecule has 0 saturated carbocycles. The van der Waals surface area contributed by atoms with Gasteiger partial charge in [0.1, 0.15) is 23.0 Å². The van der Waals surface area contributed by atoms with Crippen LogP contribution < -0.4 is 0 Å². The fourth-order valence-electron chi connectivity index (χ4n) is 5.02. The van der Waals surface area contributed by atoms with E-state index in [1.54, 1.807) is 0 Å². The summed E-state index contributed by atoms with van der Waals surface area (Å²) in [5, 5.41) is 106. The van der Waals surface area contributed by atoms with E-state index in [0.29, 0.717) is 0 Å². The Morgan fingerprint density at radius 3 is 0.947 bits per heavy atom. The summed E-state index contributed by atoms with van der Waals surface area (Å²) in [4.78, 5) is 0. The van der Waals surface area contributed by atoms with Crippen molar-refractivity contribution >= 4 is 32.7 Å². The van der Waals surface area contributed by atoms with E-state index in [9.17, 15) is 51.1 Å². The molecule has 38 heavy (non-hydrogen) atoms. The van der Waals surface area contributed by atoms with Crippen LogP contribution in [0, 0.1) is 13.8 Å². The standard InChI is InChI=1S/C28H26O10/c1-7(2)11-15-17(25(35)27(37)23(11)33)21(31)13(9(5)19(15)29)14-10(6)20(30)16-12(8(3)4)24(34)28(38)26(36)18(16)22(14)32/h29-38H,1,3H2,2,4-6H3. The van der Waals surface area contributed by atoms with Crippen LogP contribution in [0.5, 0.6) is 57.5 Å². The molecule has 0 heterocycles. The summed E-state index contributed by atoms with van der Waals surface area (Å²) in [7, 11) is 0. The average Bonchev–Trinajstić information content (AvgIpc) is 2.84. The van der Waals surface area contributed by atoms with Crippen LogP contribution in [-0.2, 0) is 0 Å². The van der Waals surface area contributed by atoms with Crippen molar-refractivity contribution in [1.29, 1.82) is 0 Å². The number of aromatic hydroxyl groups is 10. The Bertz CT molecular complexity index is 1650. The lowest BCUT2D eigenvalue weighted by atomic mass is 9.84. The first-order valence-electron chi connectivity index (χ1n) is 11.2. The lowest BCUT2D eigenvalue weighted by molar-refractivity contribution is 0.368. The Morgan fingerprint density at radius 1 is 0.395 bits per heavy atom. The SMILES string of the molecule is C=C(C)c1c(O)c(O)c(O)c2c(O)c(-c3c(C)c(O)c4c(C(=C)C)c(O)c(O)c(O)c4c3O)c(C)c(O)c12. The molecule has 0 radical (unpaired) electrons. The van der Waals surface area contributed by atoms with E-state index in [1.807, 2.05) is 0 Å². The van der Waals surface area contributed by atoms with Gasteiger partial charge < -0.3 is 51.1 Å². The molecule has 0 unspecified atom stereocenters. The number of fused-ring (bicyclic) bond motifs is 2. The molecule has 198 valence electrons. The van der Waals surface area contributed by atoms with Crippen molar-refractivity contribution in [1.82, 2.24) is 0 Å². The van der Waals surface area contributed by atoms with Crippen molar-refractivity contribution in [2.75, 3.05) is 0 Å². The van der Waals surface area contributed by atoms with E-state index < -0.39 is 68.3 Å². The Balaban J connectivity index is 2.34. The van der Waals surface area contributed by atoms with Gasteiger partial charge in [-0.15, -0.1) is 0 Å². The normalized spacial score (nSPS) is 11.4. The Labute approximate surface area is 215 Å². The predicted molar refractivity (Wildman–Crippen MR) is 142 cm³/mol. The average molecular weight is 523 g/mol. The smallest absolute Gasteiger partial charge is 0.201 e. The van der Waals surface area contributed by atoms with Gasteiger partial charge in [0.2, 0.25) is 11.5 Å². The summed E-state index contributed by atoms with van der Waals surface area (Å²) in [6.45, 7) is 13.0. The van der Waals surface area contributed by atoms with Gasteiger partial charge in [-0.2, -0.15) is 0 Å². The van der Waals surface area contributed by atoms with Gasteiger partial charge in [0, 0.05) is 44.2 Å². The van der Waals surface area contributed by atoms with Gasteiger partial charge in [0.25, 0.3) is 0 Å². The minimum absolute atomic E-state index is 0.0817. The highest BCUT2D eigenvalue weighted by atomic mass is 16.3. The van der Waals surface area contributed by atoms with Crippen molar-refractivity contribution < 1.29 is 51.1 Å². The number of allylic oxidation sites excluding steroid dienone is 2. The lowest BCUT2D eigenvalue weighted by Crippen LogP contribution is -1.97. The van der Waals surface area contributed by atoms with Crippen LogP contribution in [0.1, 0.15) is 36.1 Å². The zero-order valence-electron chi connectivity index (χ0n) is 20.9. The van der Waals surface area contributed by atoms with E-state index in [0.717, 1.165) is 0 Å². The molecule has 10 heteroatoms. The number of hydrogen-bond donors (Lipinski definition) is 10. The maximum absolute atomic E-state index is 11.4. The third kappa shape index (κ3) is 3.06. The second-order valence-corrected chi connectivity index (χ2v) is 9.30.